The van der Waals surface area contributed by atoms with Crippen molar-refractivity contribution in [2.45, 2.75) is 25.9 Å². The Labute approximate surface area is 147 Å². The van der Waals surface area contributed by atoms with Crippen molar-refractivity contribution in [3.8, 4) is 0 Å². The number of aromatic nitrogens is 2. The average Bonchev–Trinajstić information content (AvgIpc) is 2.64. The maximum Gasteiger partial charge on any atom is 0.291 e. The summed E-state index contributed by atoms with van der Waals surface area (Å²) in [7, 11) is 1.77. The third-order valence-electron chi connectivity index (χ3n) is 4.76. The van der Waals surface area contributed by atoms with Crippen molar-refractivity contribution in [3.63, 3.8) is 0 Å². The third-order valence-corrected chi connectivity index (χ3v) is 4.76. The summed E-state index contributed by atoms with van der Waals surface area (Å²) in [6.07, 6.45) is 4.24. The van der Waals surface area contributed by atoms with E-state index < -0.39 is 6.10 Å². The normalized spacial score (nSPS) is 20.4. The zero-order valence-corrected chi connectivity index (χ0v) is 14.6. The fourth-order valence-electron chi connectivity index (χ4n) is 3.14. The number of hydrogen-bond donors (Lipinski definition) is 2. The number of amides is 1. The van der Waals surface area contributed by atoms with E-state index in [0.717, 1.165) is 18.5 Å². The molecule has 1 aliphatic heterocycles. The molecule has 3 rings (SSSR count). The van der Waals surface area contributed by atoms with Crippen molar-refractivity contribution in [2.24, 2.45) is 5.92 Å². The molecule has 1 aliphatic rings. The molecule has 1 aromatic carbocycles. The van der Waals surface area contributed by atoms with Crippen molar-refractivity contribution in [3.05, 3.63) is 53.6 Å². The van der Waals surface area contributed by atoms with E-state index in [2.05, 4.69) is 46.5 Å². The number of nitrogens with zero attached hydrogens (tertiary/aromatic N) is 3. The minimum absolute atomic E-state index is 0.166. The van der Waals surface area contributed by atoms with Gasteiger partial charge in [0, 0.05) is 20.1 Å². The predicted octanol–water partition coefficient (Wildman–Crippen LogP) is 1.89. The van der Waals surface area contributed by atoms with Gasteiger partial charge in [0.2, 0.25) is 5.82 Å². The fourth-order valence-corrected chi connectivity index (χ4v) is 3.14. The SMILES string of the molecule is CNc1cnc(C(=O)N2CC[C@H](Cc3ccc(C)cc3)[C@H](O)C2)nc1. The lowest BCUT2D eigenvalue weighted by molar-refractivity contribution is 0.0191. The number of aryl methyl sites for hydroxylation is 1. The molecule has 6 nitrogen and oxygen atoms in total. The highest BCUT2D eigenvalue weighted by Crippen LogP contribution is 2.23. The maximum absolute atomic E-state index is 12.5. The molecule has 0 aliphatic carbocycles. The average molecular weight is 340 g/mol. The summed E-state index contributed by atoms with van der Waals surface area (Å²) in [5, 5.41) is 13.4. The van der Waals surface area contributed by atoms with Crippen LogP contribution in [0.4, 0.5) is 5.69 Å². The molecule has 6 heteroatoms. The quantitative estimate of drug-likeness (QED) is 0.889. The van der Waals surface area contributed by atoms with Gasteiger partial charge in [-0.25, -0.2) is 9.97 Å². The van der Waals surface area contributed by atoms with Crippen molar-refractivity contribution < 1.29 is 9.90 Å². The van der Waals surface area contributed by atoms with E-state index in [9.17, 15) is 9.90 Å². The number of aliphatic hydroxyl groups excluding tert-OH is 1. The molecule has 2 atom stereocenters. The Bertz CT molecular complexity index is 715. The van der Waals surface area contributed by atoms with Crippen LogP contribution in [0, 0.1) is 12.8 Å². The van der Waals surface area contributed by atoms with Gasteiger partial charge in [0.05, 0.1) is 24.2 Å². The first-order valence-corrected chi connectivity index (χ1v) is 8.59. The smallest absolute Gasteiger partial charge is 0.291 e. The Morgan fingerprint density at radius 2 is 1.96 bits per heavy atom. The number of carbonyl (C=O) groups is 1. The van der Waals surface area contributed by atoms with Gasteiger partial charge in [0.15, 0.2) is 0 Å². The van der Waals surface area contributed by atoms with Crippen LogP contribution in [0.2, 0.25) is 0 Å². The van der Waals surface area contributed by atoms with Crippen LogP contribution in [0.3, 0.4) is 0 Å². The molecular formula is C19H24N4O2. The van der Waals surface area contributed by atoms with E-state index in [1.54, 1.807) is 24.3 Å². The first kappa shape index (κ1) is 17.4. The van der Waals surface area contributed by atoms with Gasteiger partial charge in [-0.1, -0.05) is 29.8 Å². The number of benzene rings is 1. The van der Waals surface area contributed by atoms with Gasteiger partial charge in [-0.2, -0.15) is 0 Å². The largest absolute Gasteiger partial charge is 0.391 e. The van der Waals surface area contributed by atoms with E-state index in [0.29, 0.717) is 13.1 Å². The highest BCUT2D eigenvalue weighted by atomic mass is 16.3. The zero-order valence-electron chi connectivity index (χ0n) is 14.6. The lowest BCUT2D eigenvalue weighted by Gasteiger charge is -2.35. The molecule has 1 aromatic heterocycles. The zero-order chi connectivity index (χ0) is 17.8. The van der Waals surface area contributed by atoms with E-state index in [4.69, 9.17) is 0 Å². The van der Waals surface area contributed by atoms with Crippen molar-refractivity contribution in [1.82, 2.24) is 14.9 Å². The molecule has 132 valence electrons. The molecular weight excluding hydrogens is 316 g/mol. The summed E-state index contributed by atoms with van der Waals surface area (Å²) in [4.78, 5) is 22.4. The highest BCUT2D eigenvalue weighted by molar-refractivity contribution is 5.90. The Kier molecular flexibility index (Phi) is 5.28. The van der Waals surface area contributed by atoms with Crippen molar-refractivity contribution in [1.29, 1.82) is 0 Å². The third kappa shape index (κ3) is 4.14. The summed E-state index contributed by atoms with van der Waals surface area (Å²) >= 11 is 0. The molecule has 1 amide bonds. The van der Waals surface area contributed by atoms with Crippen LogP contribution in [0.25, 0.3) is 0 Å². The molecule has 0 radical (unpaired) electrons. The summed E-state index contributed by atoms with van der Waals surface area (Å²) in [5.41, 5.74) is 3.21. The van der Waals surface area contributed by atoms with E-state index in [-0.39, 0.29) is 17.6 Å². The Balaban J connectivity index is 1.60. The number of nitrogens with one attached hydrogen (secondary N) is 1. The number of piperidine rings is 1. The Hall–Kier alpha value is -2.47. The van der Waals surface area contributed by atoms with Crippen LogP contribution in [0.5, 0.6) is 0 Å². The molecule has 0 bridgehead atoms. The second-order valence-corrected chi connectivity index (χ2v) is 6.60. The van der Waals surface area contributed by atoms with Crippen LogP contribution in [-0.2, 0) is 6.42 Å². The monoisotopic (exact) mass is 340 g/mol. The first-order chi connectivity index (χ1) is 12.1. The van der Waals surface area contributed by atoms with Gasteiger partial charge >= 0.3 is 0 Å². The minimum atomic E-state index is -0.532. The number of rotatable bonds is 4. The molecule has 0 unspecified atom stereocenters. The minimum Gasteiger partial charge on any atom is -0.391 e. The van der Waals surface area contributed by atoms with Crippen LogP contribution >= 0.6 is 0 Å². The predicted molar refractivity (Wildman–Crippen MR) is 96.5 cm³/mol. The lowest BCUT2D eigenvalue weighted by Crippen LogP contribution is -2.47. The molecule has 1 fully saturated rings. The van der Waals surface area contributed by atoms with Crippen LogP contribution in [0.15, 0.2) is 36.7 Å². The molecule has 2 N–H and O–H groups in total. The Morgan fingerprint density at radius 1 is 1.28 bits per heavy atom. The summed E-state index contributed by atoms with van der Waals surface area (Å²) in [6.45, 7) is 3.00. The first-order valence-electron chi connectivity index (χ1n) is 8.59. The molecule has 2 aromatic rings. The lowest BCUT2D eigenvalue weighted by atomic mass is 9.87. The molecule has 25 heavy (non-hydrogen) atoms. The van der Waals surface area contributed by atoms with Crippen LogP contribution < -0.4 is 5.32 Å². The molecule has 1 saturated heterocycles. The molecule has 0 saturated carbocycles. The molecule has 2 heterocycles. The van der Waals surface area contributed by atoms with Gasteiger partial charge in [0.1, 0.15) is 0 Å². The van der Waals surface area contributed by atoms with Gasteiger partial charge in [-0.05, 0) is 31.2 Å². The number of carbonyl (C=O) groups excluding carboxylic acids is 1. The van der Waals surface area contributed by atoms with E-state index in [1.807, 2.05) is 0 Å². The Morgan fingerprint density at radius 3 is 2.56 bits per heavy atom. The second kappa shape index (κ2) is 7.61. The van der Waals surface area contributed by atoms with Gasteiger partial charge in [-0.3, -0.25) is 4.79 Å². The van der Waals surface area contributed by atoms with Gasteiger partial charge < -0.3 is 15.3 Å². The van der Waals surface area contributed by atoms with E-state index in [1.165, 1.54) is 11.1 Å². The van der Waals surface area contributed by atoms with Gasteiger partial charge in [0.25, 0.3) is 5.91 Å². The topological polar surface area (TPSA) is 78.4 Å². The highest BCUT2D eigenvalue weighted by Gasteiger charge is 2.31. The van der Waals surface area contributed by atoms with E-state index >= 15 is 0 Å². The summed E-state index contributed by atoms with van der Waals surface area (Å²) in [6, 6.07) is 8.40. The standard InChI is InChI=1S/C19H24N4O2/c1-13-3-5-14(6-4-13)9-15-7-8-23(12-17(15)24)19(25)18-21-10-16(20-2)11-22-18/h3-6,10-11,15,17,20,24H,7-9,12H2,1-2H3/t15-,17-/m1/s1. The van der Waals surface area contributed by atoms with Gasteiger partial charge in [-0.15, -0.1) is 0 Å². The number of hydrogen-bond acceptors (Lipinski definition) is 5. The van der Waals surface area contributed by atoms with Crippen molar-refractivity contribution in [2.75, 3.05) is 25.5 Å². The number of likely N-dealkylation sites (tertiary alicyclic amines) is 1. The molecule has 0 spiro atoms. The second-order valence-electron chi connectivity index (χ2n) is 6.60. The van der Waals surface area contributed by atoms with Crippen LogP contribution in [0.1, 0.15) is 28.2 Å². The van der Waals surface area contributed by atoms with Crippen LogP contribution in [-0.4, -0.2) is 52.1 Å². The number of anilines is 1. The summed E-state index contributed by atoms with van der Waals surface area (Å²) < 4.78 is 0. The maximum atomic E-state index is 12.5. The number of β-amino-alcohol motifs (C(OH)–C–C–N with tert-alkyl or cyclic N) is 1. The summed E-state index contributed by atoms with van der Waals surface area (Å²) in [5.74, 6) is 0.109. The fraction of sp³-hybridized carbons (Fsp3) is 0.421. The number of aliphatic hydroxyl groups is 1. The van der Waals surface area contributed by atoms with Crippen molar-refractivity contribution >= 4 is 11.6 Å².